The maximum Gasteiger partial charge on any atom is 0.0486 e. The van der Waals surface area contributed by atoms with E-state index >= 15 is 0 Å². The summed E-state index contributed by atoms with van der Waals surface area (Å²) in [5, 5.41) is 4.73. The van der Waals surface area contributed by atoms with Crippen molar-refractivity contribution in [3.05, 3.63) is 35.5 Å². The van der Waals surface area contributed by atoms with Crippen LogP contribution >= 0.6 is 0 Å². The van der Waals surface area contributed by atoms with E-state index in [1.54, 1.807) is 0 Å². The maximum atomic E-state index is 5.74. The van der Waals surface area contributed by atoms with Crippen molar-refractivity contribution in [1.29, 1.82) is 0 Å². The second kappa shape index (κ2) is 5.55. The van der Waals surface area contributed by atoms with Crippen LogP contribution in [0.1, 0.15) is 37.9 Å². The molecular weight excluding hydrogens is 222 g/mol. The normalized spacial score (nSPS) is 11.6. The Bertz CT molecular complexity index is 526. The van der Waals surface area contributed by atoms with Crippen LogP contribution in [0.5, 0.6) is 0 Å². The van der Waals surface area contributed by atoms with Crippen molar-refractivity contribution in [2.24, 2.45) is 5.73 Å². The fraction of sp³-hybridized carbons (Fsp3) is 0.467. The summed E-state index contributed by atoms with van der Waals surface area (Å²) in [5.41, 5.74) is 9.59. The zero-order valence-corrected chi connectivity index (χ0v) is 11.5. The molecule has 3 heteroatoms. The zero-order chi connectivity index (χ0) is 13.1. The molecule has 0 aliphatic carbocycles. The minimum absolute atomic E-state index is 0.478. The van der Waals surface area contributed by atoms with Crippen LogP contribution in [0.25, 0.3) is 10.9 Å². The summed E-state index contributed by atoms with van der Waals surface area (Å²) in [4.78, 5) is 0. The first-order valence-corrected chi connectivity index (χ1v) is 6.70. The van der Waals surface area contributed by atoms with Gasteiger partial charge in [0, 0.05) is 36.2 Å². The molecule has 0 saturated carbocycles. The Kier molecular flexibility index (Phi) is 4.04. The molecule has 0 bridgehead atoms. The third-order valence-corrected chi connectivity index (χ3v) is 3.34. The van der Waals surface area contributed by atoms with Crippen LogP contribution in [0, 0.1) is 0 Å². The largest absolute Gasteiger partial charge is 0.345 e. The molecule has 0 aliphatic heterocycles. The SMILES string of the molecule is CCNCc1cn(C(C)C)c2ccc(CN)cc12. The molecule has 0 radical (unpaired) electrons. The molecule has 3 N–H and O–H groups in total. The number of benzene rings is 1. The molecule has 0 spiro atoms. The van der Waals surface area contributed by atoms with Gasteiger partial charge in [-0.05, 0) is 43.7 Å². The predicted molar refractivity (Wildman–Crippen MR) is 77.6 cm³/mol. The molecular formula is C15H23N3. The Morgan fingerprint density at radius 1 is 1.33 bits per heavy atom. The van der Waals surface area contributed by atoms with E-state index in [4.69, 9.17) is 5.73 Å². The quantitative estimate of drug-likeness (QED) is 0.850. The highest BCUT2D eigenvalue weighted by atomic mass is 15.0. The van der Waals surface area contributed by atoms with Crippen molar-refractivity contribution in [3.63, 3.8) is 0 Å². The van der Waals surface area contributed by atoms with Crippen LogP contribution in [0.4, 0.5) is 0 Å². The molecule has 98 valence electrons. The predicted octanol–water partition coefficient (Wildman–Crippen LogP) is 2.79. The Labute approximate surface area is 109 Å². The van der Waals surface area contributed by atoms with Crippen molar-refractivity contribution in [3.8, 4) is 0 Å². The summed E-state index contributed by atoms with van der Waals surface area (Å²) < 4.78 is 2.34. The summed E-state index contributed by atoms with van der Waals surface area (Å²) in [7, 11) is 0. The fourth-order valence-electron chi connectivity index (χ4n) is 2.33. The number of nitrogens with two attached hydrogens (primary N) is 1. The van der Waals surface area contributed by atoms with Crippen molar-refractivity contribution < 1.29 is 0 Å². The van der Waals surface area contributed by atoms with E-state index in [-0.39, 0.29) is 0 Å². The fourth-order valence-corrected chi connectivity index (χ4v) is 2.33. The second-order valence-corrected chi connectivity index (χ2v) is 4.99. The summed E-state index contributed by atoms with van der Waals surface area (Å²) >= 11 is 0. The van der Waals surface area contributed by atoms with E-state index in [2.05, 4.69) is 55.1 Å². The van der Waals surface area contributed by atoms with Gasteiger partial charge in [0.25, 0.3) is 0 Å². The van der Waals surface area contributed by atoms with Gasteiger partial charge in [0.15, 0.2) is 0 Å². The van der Waals surface area contributed by atoms with Gasteiger partial charge in [0.2, 0.25) is 0 Å². The van der Waals surface area contributed by atoms with Crippen LogP contribution in [0.3, 0.4) is 0 Å². The minimum Gasteiger partial charge on any atom is -0.345 e. The number of hydrogen-bond acceptors (Lipinski definition) is 2. The van der Waals surface area contributed by atoms with Crippen LogP contribution in [0.15, 0.2) is 24.4 Å². The first kappa shape index (κ1) is 13.1. The lowest BCUT2D eigenvalue weighted by molar-refractivity contribution is 0.618. The monoisotopic (exact) mass is 245 g/mol. The molecule has 0 fully saturated rings. The molecule has 0 atom stereocenters. The molecule has 2 rings (SSSR count). The Hall–Kier alpha value is -1.32. The lowest BCUT2D eigenvalue weighted by Gasteiger charge is -2.09. The third kappa shape index (κ3) is 2.42. The molecule has 3 nitrogen and oxygen atoms in total. The second-order valence-electron chi connectivity index (χ2n) is 4.99. The average Bonchev–Trinajstić information content (AvgIpc) is 2.74. The lowest BCUT2D eigenvalue weighted by Crippen LogP contribution is -2.11. The summed E-state index contributed by atoms with van der Waals surface area (Å²) in [6.07, 6.45) is 2.26. The number of nitrogens with zero attached hydrogens (tertiary/aromatic N) is 1. The number of hydrogen-bond donors (Lipinski definition) is 2. The van der Waals surface area contributed by atoms with Crippen LogP contribution in [-0.4, -0.2) is 11.1 Å². The molecule has 0 amide bonds. The van der Waals surface area contributed by atoms with Gasteiger partial charge in [-0.25, -0.2) is 0 Å². The number of rotatable bonds is 5. The van der Waals surface area contributed by atoms with Gasteiger partial charge >= 0.3 is 0 Å². The minimum atomic E-state index is 0.478. The van der Waals surface area contributed by atoms with Crippen LogP contribution in [-0.2, 0) is 13.1 Å². The van der Waals surface area contributed by atoms with E-state index in [0.29, 0.717) is 12.6 Å². The highest BCUT2D eigenvalue weighted by molar-refractivity contribution is 5.84. The lowest BCUT2D eigenvalue weighted by atomic mass is 10.1. The van der Waals surface area contributed by atoms with E-state index in [9.17, 15) is 0 Å². The summed E-state index contributed by atoms with van der Waals surface area (Å²) in [6, 6.07) is 7.01. The topological polar surface area (TPSA) is 43.0 Å². The van der Waals surface area contributed by atoms with Crippen LogP contribution < -0.4 is 11.1 Å². The molecule has 1 aromatic heterocycles. The third-order valence-electron chi connectivity index (χ3n) is 3.34. The van der Waals surface area contributed by atoms with Gasteiger partial charge in [-0.1, -0.05) is 13.0 Å². The molecule has 18 heavy (non-hydrogen) atoms. The van der Waals surface area contributed by atoms with Gasteiger partial charge in [-0.15, -0.1) is 0 Å². The van der Waals surface area contributed by atoms with Crippen molar-refractivity contribution in [2.75, 3.05) is 6.54 Å². The highest BCUT2D eigenvalue weighted by Crippen LogP contribution is 2.25. The molecule has 1 aromatic carbocycles. The van der Waals surface area contributed by atoms with Gasteiger partial charge in [0.1, 0.15) is 0 Å². The van der Waals surface area contributed by atoms with Gasteiger partial charge in [-0.2, -0.15) is 0 Å². The van der Waals surface area contributed by atoms with Gasteiger partial charge < -0.3 is 15.6 Å². The summed E-state index contributed by atoms with van der Waals surface area (Å²) in [6.45, 7) is 9.07. The standard InChI is InChI=1S/C15H23N3/c1-4-17-9-13-10-18(11(2)3)15-6-5-12(8-16)7-14(13)15/h5-7,10-11,17H,4,8-9,16H2,1-3H3. The number of nitrogens with one attached hydrogen (secondary N) is 1. The molecule has 0 aliphatic rings. The van der Waals surface area contributed by atoms with Crippen molar-refractivity contribution in [1.82, 2.24) is 9.88 Å². The van der Waals surface area contributed by atoms with E-state index in [1.165, 1.54) is 22.0 Å². The van der Waals surface area contributed by atoms with E-state index < -0.39 is 0 Å². The number of fused-ring (bicyclic) bond motifs is 1. The van der Waals surface area contributed by atoms with Gasteiger partial charge in [0.05, 0.1) is 0 Å². The Morgan fingerprint density at radius 2 is 2.11 bits per heavy atom. The van der Waals surface area contributed by atoms with Crippen LogP contribution in [0.2, 0.25) is 0 Å². The smallest absolute Gasteiger partial charge is 0.0486 e. The highest BCUT2D eigenvalue weighted by Gasteiger charge is 2.10. The van der Waals surface area contributed by atoms with Gasteiger partial charge in [-0.3, -0.25) is 0 Å². The Balaban J connectivity index is 2.53. The average molecular weight is 245 g/mol. The first-order valence-electron chi connectivity index (χ1n) is 6.70. The first-order chi connectivity index (χ1) is 8.67. The molecule has 0 unspecified atom stereocenters. The van der Waals surface area contributed by atoms with E-state index in [0.717, 1.165) is 13.1 Å². The Morgan fingerprint density at radius 3 is 2.72 bits per heavy atom. The van der Waals surface area contributed by atoms with E-state index in [1.807, 2.05) is 0 Å². The molecule has 1 heterocycles. The van der Waals surface area contributed by atoms with Crippen molar-refractivity contribution >= 4 is 10.9 Å². The molecule has 0 saturated heterocycles. The number of aromatic nitrogens is 1. The van der Waals surface area contributed by atoms with Crippen molar-refractivity contribution in [2.45, 2.75) is 39.9 Å². The maximum absolute atomic E-state index is 5.74. The molecule has 2 aromatic rings. The summed E-state index contributed by atoms with van der Waals surface area (Å²) in [5.74, 6) is 0. The zero-order valence-electron chi connectivity index (χ0n) is 11.5.